The van der Waals surface area contributed by atoms with Crippen LogP contribution in [0.25, 0.3) is 0 Å². The topological polar surface area (TPSA) is 25.8 Å². The second-order valence-electron chi connectivity index (χ2n) is 3.75. The van der Waals surface area contributed by atoms with Crippen molar-refractivity contribution < 1.29 is 4.39 Å². The fraction of sp³-hybridized carbons (Fsp3) is 0.600. The highest BCUT2D eigenvalue weighted by Gasteiger charge is 2.17. The Morgan fingerprint density at radius 1 is 1.19 bits per heavy atom. The molecule has 0 bridgehead atoms. The van der Waals surface area contributed by atoms with Gasteiger partial charge in [0, 0.05) is 5.25 Å². The molecule has 6 heteroatoms. The highest BCUT2D eigenvalue weighted by Crippen LogP contribution is 2.31. The van der Waals surface area contributed by atoms with Crippen molar-refractivity contribution >= 4 is 35.0 Å². The first kappa shape index (κ1) is 12.4. The summed E-state index contributed by atoms with van der Waals surface area (Å²) in [6.45, 7) is 0. The van der Waals surface area contributed by atoms with E-state index in [-0.39, 0.29) is 10.3 Å². The summed E-state index contributed by atoms with van der Waals surface area (Å²) in [6, 6.07) is 0. The van der Waals surface area contributed by atoms with Crippen molar-refractivity contribution in [2.24, 2.45) is 0 Å². The lowest BCUT2D eigenvalue weighted by Gasteiger charge is -2.08. The molecule has 16 heavy (non-hydrogen) atoms. The van der Waals surface area contributed by atoms with Gasteiger partial charge in [-0.1, -0.05) is 36.0 Å². The van der Waals surface area contributed by atoms with Crippen LogP contribution in [0.4, 0.5) is 4.39 Å². The standard InChI is InChI=1S/C10H11Cl2FN2S/c11-9-8(13)10(12)15-7(14-9)5-16-6-3-1-2-4-6/h6H,1-5H2. The van der Waals surface area contributed by atoms with Gasteiger partial charge in [0.2, 0.25) is 0 Å². The summed E-state index contributed by atoms with van der Waals surface area (Å²) < 4.78 is 13.1. The third-order valence-corrected chi connectivity index (χ3v) is 4.44. The molecule has 2 rings (SSSR count). The lowest BCUT2D eigenvalue weighted by atomic mass is 10.4. The molecule has 0 aliphatic heterocycles. The maximum Gasteiger partial charge on any atom is 0.197 e. The molecular weight excluding hydrogens is 270 g/mol. The first-order valence-electron chi connectivity index (χ1n) is 5.16. The second kappa shape index (κ2) is 5.52. The van der Waals surface area contributed by atoms with Crippen LogP contribution in [-0.4, -0.2) is 15.2 Å². The second-order valence-corrected chi connectivity index (χ2v) is 5.76. The zero-order valence-corrected chi connectivity index (χ0v) is 10.9. The van der Waals surface area contributed by atoms with E-state index in [0.717, 1.165) is 0 Å². The highest BCUT2D eigenvalue weighted by molar-refractivity contribution is 7.99. The molecule has 0 spiro atoms. The van der Waals surface area contributed by atoms with E-state index in [4.69, 9.17) is 23.2 Å². The van der Waals surface area contributed by atoms with Crippen LogP contribution in [0.5, 0.6) is 0 Å². The molecule has 1 aromatic rings. The van der Waals surface area contributed by atoms with Crippen molar-refractivity contribution in [2.45, 2.75) is 36.7 Å². The summed E-state index contributed by atoms with van der Waals surface area (Å²) >= 11 is 13.0. The van der Waals surface area contributed by atoms with E-state index in [2.05, 4.69) is 9.97 Å². The Hall–Kier alpha value is -0.0600. The van der Waals surface area contributed by atoms with Crippen LogP contribution in [0.15, 0.2) is 0 Å². The van der Waals surface area contributed by atoms with Gasteiger partial charge in [-0.3, -0.25) is 0 Å². The van der Waals surface area contributed by atoms with Crippen LogP contribution < -0.4 is 0 Å². The summed E-state index contributed by atoms with van der Waals surface area (Å²) in [5.41, 5.74) is 0. The van der Waals surface area contributed by atoms with E-state index >= 15 is 0 Å². The van der Waals surface area contributed by atoms with Crippen molar-refractivity contribution in [3.05, 3.63) is 21.9 Å². The number of halogens is 3. The summed E-state index contributed by atoms with van der Waals surface area (Å²) in [4.78, 5) is 7.74. The van der Waals surface area contributed by atoms with Gasteiger partial charge in [-0.05, 0) is 12.8 Å². The van der Waals surface area contributed by atoms with Gasteiger partial charge in [0.1, 0.15) is 5.82 Å². The molecule has 0 atom stereocenters. The summed E-state index contributed by atoms with van der Waals surface area (Å²) in [5, 5.41) is 0.287. The smallest absolute Gasteiger partial charge is 0.197 e. The maximum absolute atomic E-state index is 13.1. The van der Waals surface area contributed by atoms with Gasteiger partial charge in [0.05, 0.1) is 5.75 Å². The Bertz CT molecular complexity index is 360. The monoisotopic (exact) mass is 280 g/mol. The lowest BCUT2D eigenvalue weighted by molar-refractivity contribution is 0.611. The zero-order chi connectivity index (χ0) is 11.5. The molecule has 1 heterocycles. The number of hydrogen-bond donors (Lipinski definition) is 0. The largest absolute Gasteiger partial charge is 0.217 e. The van der Waals surface area contributed by atoms with Crippen molar-refractivity contribution in [2.75, 3.05) is 0 Å². The van der Waals surface area contributed by atoms with Crippen LogP contribution in [0, 0.1) is 5.82 Å². The molecule has 1 aliphatic rings. The van der Waals surface area contributed by atoms with E-state index in [1.165, 1.54) is 25.7 Å². The Morgan fingerprint density at radius 3 is 2.31 bits per heavy atom. The van der Waals surface area contributed by atoms with Gasteiger partial charge in [-0.2, -0.15) is 11.8 Å². The summed E-state index contributed by atoms with van der Waals surface area (Å²) in [7, 11) is 0. The molecule has 0 amide bonds. The lowest BCUT2D eigenvalue weighted by Crippen LogP contribution is -2.01. The number of aromatic nitrogens is 2. The quantitative estimate of drug-likeness (QED) is 0.780. The maximum atomic E-state index is 13.1. The number of rotatable bonds is 3. The molecule has 1 aromatic heterocycles. The van der Waals surface area contributed by atoms with Crippen LogP contribution >= 0.6 is 35.0 Å². The minimum atomic E-state index is -0.738. The molecule has 88 valence electrons. The predicted octanol–water partition coefficient (Wildman–Crippen LogP) is 4.10. The molecule has 0 saturated heterocycles. The molecule has 1 aliphatic carbocycles. The van der Waals surface area contributed by atoms with Crippen LogP contribution in [0.3, 0.4) is 0 Å². The average Bonchev–Trinajstić information content (AvgIpc) is 2.75. The molecular formula is C10H11Cl2FN2S. The summed E-state index contributed by atoms with van der Waals surface area (Å²) in [5.74, 6) is 0.413. The van der Waals surface area contributed by atoms with Gasteiger partial charge in [-0.25, -0.2) is 14.4 Å². The van der Waals surface area contributed by atoms with Crippen molar-refractivity contribution in [3.8, 4) is 0 Å². The minimum Gasteiger partial charge on any atom is -0.217 e. The van der Waals surface area contributed by atoms with E-state index in [1.807, 2.05) is 0 Å². The number of thioether (sulfide) groups is 1. The van der Waals surface area contributed by atoms with Crippen LogP contribution in [0.1, 0.15) is 31.5 Å². The van der Waals surface area contributed by atoms with Gasteiger partial charge in [0.25, 0.3) is 0 Å². The Kier molecular flexibility index (Phi) is 4.27. The Labute approximate surface area is 108 Å². The van der Waals surface area contributed by atoms with Gasteiger partial charge >= 0.3 is 0 Å². The highest BCUT2D eigenvalue weighted by atomic mass is 35.5. The molecule has 0 N–H and O–H groups in total. The van der Waals surface area contributed by atoms with E-state index in [9.17, 15) is 4.39 Å². The molecule has 0 radical (unpaired) electrons. The van der Waals surface area contributed by atoms with Crippen molar-refractivity contribution in [1.29, 1.82) is 0 Å². The number of nitrogens with zero attached hydrogens (tertiary/aromatic N) is 2. The molecule has 0 aromatic carbocycles. The van der Waals surface area contributed by atoms with Gasteiger partial charge in [-0.15, -0.1) is 0 Å². The summed E-state index contributed by atoms with van der Waals surface area (Å²) in [6.07, 6.45) is 5.08. The normalized spacial score (nSPS) is 16.9. The number of hydrogen-bond acceptors (Lipinski definition) is 3. The SMILES string of the molecule is Fc1c(Cl)nc(CSC2CCCC2)nc1Cl. The van der Waals surface area contributed by atoms with Crippen LogP contribution in [0.2, 0.25) is 10.3 Å². The van der Waals surface area contributed by atoms with Crippen LogP contribution in [-0.2, 0) is 5.75 Å². The Balaban J connectivity index is 1.98. The first-order valence-corrected chi connectivity index (χ1v) is 6.96. The predicted molar refractivity (Wildman–Crippen MR) is 65.6 cm³/mol. The van der Waals surface area contributed by atoms with Gasteiger partial charge < -0.3 is 0 Å². The fourth-order valence-corrected chi connectivity index (χ4v) is 3.35. The molecule has 0 unspecified atom stereocenters. The fourth-order valence-electron chi connectivity index (χ4n) is 1.75. The van der Waals surface area contributed by atoms with E-state index in [0.29, 0.717) is 16.8 Å². The van der Waals surface area contributed by atoms with E-state index in [1.54, 1.807) is 11.8 Å². The molecule has 1 fully saturated rings. The van der Waals surface area contributed by atoms with Crippen molar-refractivity contribution in [3.63, 3.8) is 0 Å². The first-order chi connectivity index (χ1) is 7.66. The average molecular weight is 281 g/mol. The van der Waals surface area contributed by atoms with Gasteiger partial charge in [0.15, 0.2) is 16.1 Å². The van der Waals surface area contributed by atoms with Crippen molar-refractivity contribution in [1.82, 2.24) is 9.97 Å². The third kappa shape index (κ3) is 2.99. The molecule has 2 nitrogen and oxygen atoms in total. The molecule has 1 saturated carbocycles. The third-order valence-electron chi connectivity index (χ3n) is 2.57. The Morgan fingerprint density at radius 2 is 1.75 bits per heavy atom. The zero-order valence-electron chi connectivity index (χ0n) is 8.55. The van der Waals surface area contributed by atoms with E-state index < -0.39 is 5.82 Å². The minimum absolute atomic E-state index is 0.193.